The van der Waals surface area contributed by atoms with E-state index in [1.165, 1.54) is 11.5 Å². The number of alkyl halides is 3. The normalized spacial score (nSPS) is 25.2. The van der Waals surface area contributed by atoms with Crippen molar-refractivity contribution in [2.45, 2.75) is 24.6 Å². The molecule has 1 aliphatic heterocycles. The monoisotopic (exact) mass is 279 g/mol. The summed E-state index contributed by atoms with van der Waals surface area (Å²) in [7, 11) is 0. The van der Waals surface area contributed by atoms with E-state index in [0.717, 1.165) is 4.90 Å². The van der Waals surface area contributed by atoms with E-state index in [-0.39, 0.29) is 13.1 Å². The predicted octanol–water partition coefficient (Wildman–Crippen LogP) is 1.48. The Morgan fingerprint density at radius 1 is 1.56 bits per heavy atom. The van der Waals surface area contributed by atoms with Crippen molar-refractivity contribution in [2.75, 3.05) is 13.1 Å². The lowest BCUT2D eigenvalue weighted by Crippen LogP contribution is -2.56. The fraction of sp³-hybridized carbons (Fsp3) is 0.600. The fourth-order valence-corrected chi connectivity index (χ4v) is 2.72. The van der Waals surface area contributed by atoms with Crippen molar-refractivity contribution in [3.8, 4) is 0 Å². The van der Waals surface area contributed by atoms with Gasteiger partial charge >= 0.3 is 12.1 Å². The predicted molar refractivity (Wildman–Crippen MR) is 59.8 cm³/mol. The van der Waals surface area contributed by atoms with Gasteiger partial charge in [0.15, 0.2) is 0 Å². The number of amides is 1. The maximum Gasteiger partial charge on any atom is 0.471 e. The summed E-state index contributed by atoms with van der Waals surface area (Å²) in [6.07, 6.45) is -3.88. The molecule has 1 unspecified atom stereocenters. The highest BCUT2D eigenvalue weighted by Gasteiger charge is 2.46. The van der Waals surface area contributed by atoms with Crippen molar-refractivity contribution in [2.24, 2.45) is 5.73 Å². The van der Waals surface area contributed by atoms with Crippen LogP contribution in [0.25, 0.3) is 0 Å². The minimum absolute atomic E-state index is 0.0848. The van der Waals surface area contributed by atoms with Gasteiger partial charge in [0.05, 0.1) is 11.2 Å². The van der Waals surface area contributed by atoms with Gasteiger partial charge in [-0.25, -0.2) is 0 Å². The smallest absolute Gasteiger partial charge is 0.333 e. The van der Waals surface area contributed by atoms with Gasteiger partial charge in [0.25, 0.3) is 0 Å². The molecule has 1 aromatic heterocycles. The molecule has 0 bridgehead atoms. The average molecular weight is 279 g/mol. The van der Waals surface area contributed by atoms with Gasteiger partial charge < -0.3 is 10.6 Å². The highest BCUT2D eigenvalue weighted by Crippen LogP contribution is 2.31. The number of halogens is 3. The van der Waals surface area contributed by atoms with Gasteiger partial charge in [-0.05, 0) is 30.4 Å². The zero-order valence-corrected chi connectivity index (χ0v) is 10.2. The van der Waals surface area contributed by atoms with Crippen LogP contribution in [-0.4, -0.2) is 34.4 Å². The Bertz CT molecular complexity index is 434. The number of piperidine rings is 1. The summed E-state index contributed by atoms with van der Waals surface area (Å²) in [5, 5.41) is 1.72. The summed E-state index contributed by atoms with van der Waals surface area (Å²) < 4.78 is 41.2. The first-order valence-electron chi connectivity index (χ1n) is 5.39. The number of nitrogens with zero attached hydrogens (tertiary/aromatic N) is 2. The third-order valence-electron chi connectivity index (χ3n) is 3.00. The number of carbonyl (C=O) groups excluding carboxylic acids is 1. The van der Waals surface area contributed by atoms with E-state index in [9.17, 15) is 18.0 Å². The summed E-state index contributed by atoms with van der Waals surface area (Å²) in [4.78, 5) is 12.0. The Morgan fingerprint density at radius 3 is 2.83 bits per heavy atom. The molecule has 0 spiro atoms. The Balaban J connectivity index is 2.17. The molecule has 1 aromatic rings. The summed E-state index contributed by atoms with van der Waals surface area (Å²) >= 11 is 1.19. The lowest BCUT2D eigenvalue weighted by molar-refractivity contribution is -0.187. The van der Waals surface area contributed by atoms with Gasteiger partial charge in [-0.15, -0.1) is 0 Å². The molecule has 18 heavy (non-hydrogen) atoms. The number of aromatic nitrogens is 1. The fourth-order valence-electron chi connectivity index (χ4n) is 2.12. The number of hydrogen-bond acceptors (Lipinski definition) is 4. The van der Waals surface area contributed by atoms with E-state index < -0.39 is 17.6 Å². The van der Waals surface area contributed by atoms with Crippen molar-refractivity contribution >= 4 is 17.4 Å². The van der Waals surface area contributed by atoms with Gasteiger partial charge in [0.2, 0.25) is 0 Å². The number of hydrogen-bond donors (Lipinski definition) is 1. The molecule has 8 heteroatoms. The van der Waals surface area contributed by atoms with Crippen molar-refractivity contribution < 1.29 is 18.0 Å². The molecule has 2 heterocycles. The highest BCUT2D eigenvalue weighted by molar-refractivity contribution is 7.03. The Morgan fingerprint density at radius 2 is 2.28 bits per heavy atom. The van der Waals surface area contributed by atoms with Crippen molar-refractivity contribution in [1.29, 1.82) is 0 Å². The van der Waals surface area contributed by atoms with Gasteiger partial charge in [-0.2, -0.15) is 17.5 Å². The average Bonchev–Trinajstić information content (AvgIpc) is 2.81. The Hall–Kier alpha value is -1.15. The Kier molecular flexibility index (Phi) is 3.33. The van der Waals surface area contributed by atoms with Crippen molar-refractivity contribution in [1.82, 2.24) is 9.27 Å². The number of rotatable bonds is 1. The molecule has 100 valence electrons. The molecule has 2 N–H and O–H groups in total. The highest BCUT2D eigenvalue weighted by atomic mass is 32.1. The van der Waals surface area contributed by atoms with Crippen LogP contribution in [0.3, 0.4) is 0 Å². The topological polar surface area (TPSA) is 59.2 Å². The summed E-state index contributed by atoms with van der Waals surface area (Å²) in [6.45, 7) is -0.0590. The summed E-state index contributed by atoms with van der Waals surface area (Å²) in [5.41, 5.74) is 5.65. The van der Waals surface area contributed by atoms with Gasteiger partial charge in [-0.1, -0.05) is 0 Å². The second-order valence-electron chi connectivity index (χ2n) is 4.37. The van der Waals surface area contributed by atoms with Gasteiger partial charge in [0, 0.05) is 18.5 Å². The van der Waals surface area contributed by atoms with Crippen LogP contribution >= 0.6 is 11.5 Å². The quantitative estimate of drug-likeness (QED) is 0.847. The SMILES string of the molecule is NC1(c2ccsn2)CCCN(C(=O)C(F)(F)F)C1. The number of carbonyl (C=O) groups is 1. The second kappa shape index (κ2) is 4.51. The van der Waals surface area contributed by atoms with E-state index in [4.69, 9.17) is 5.73 Å². The largest absolute Gasteiger partial charge is 0.471 e. The van der Waals surface area contributed by atoms with E-state index in [1.807, 2.05) is 0 Å². The third kappa shape index (κ3) is 2.49. The van der Waals surface area contributed by atoms with E-state index >= 15 is 0 Å². The second-order valence-corrected chi connectivity index (χ2v) is 5.03. The van der Waals surface area contributed by atoms with Crippen LogP contribution in [0.1, 0.15) is 18.5 Å². The van der Waals surface area contributed by atoms with Crippen LogP contribution in [0.4, 0.5) is 13.2 Å². The molecule has 0 aromatic carbocycles. The first-order valence-corrected chi connectivity index (χ1v) is 6.22. The van der Waals surface area contributed by atoms with Crippen LogP contribution in [0.15, 0.2) is 11.4 Å². The molecule has 1 fully saturated rings. The molecule has 1 saturated heterocycles. The molecular weight excluding hydrogens is 267 g/mol. The molecule has 4 nitrogen and oxygen atoms in total. The van der Waals surface area contributed by atoms with E-state index in [1.54, 1.807) is 11.4 Å². The first kappa shape index (κ1) is 13.3. The lowest BCUT2D eigenvalue weighted by atomic mass is 9.87. The van der Waals surface area contributed by atoms with E-state index in [0.29, 0.717) is 18.5 Å². The molecule has 0 radical (unpaired) electrons. The van der Waals surface area contributed by atoms with Gasteiger partial charge in [-0.3, -0.25) is 4.79 Å². The lowest BCUT2D eigenvalue weighted by Gasteiger charge is -2.39. The minimum atomic E-state index is -4.85. The molecule has 0 aliphatic carbocycles. The first-order chi connectivity index (χ1) is 8.33. The Labute approximate surface area is 106 Å². The van der Waals surface area contributed by atoms with Gasteiger partial charge in [0.1, 0.15) is 0 Å². The zero-order valence-electron chi connectivity index (χ0n) is 9.41. The number of likely N-dealkylation sites (tertiary alicyclic amines) is 1. The van der Waals surface area contributed by atoms with Crippen LogP contribution in [-0.2, 0) is 10.3 Å². The third-order valence-corrected chi connectivity index (χ3v) is 3.56. The van der Waals surface area contributed by atoms with Crippen molar-refractivity contribution in [3.63, 3.8) is 0 Å². The van der Waals surface area contributed by atoms with Crippen LogP contribution < -0.4 is 5.73 Å². The molecule has 1 atom stereocenters. The zero-order chi connectivity index (χ0) is 13.4. The van der Waals surface area contributed by atoms with Crippen LogP contribution in [0.2, 0.25) is 0 Å². The maximum absolute atomic E-state index is 12.4. The molecule has 1 amide bonds. The van der Waals surface area contributed by atoms with Crippen LogP contribution in [0.5, 0.6) is 0 Å². The van der Waals surface area contributed by atoms with E-state index in [2.05, 4.69) is 4.37 Å². The maximum atomic E-state index is 12.4. The molecular formula is C10H12F3N3OS. The molecule has 0 saturated carbocycles. The molecule has 1 aliphatic rings. The van der Waals surface area contributed by atoms with Crippen LogP contribution in [0, 0.1) is 0 Å². The summed E-state index contributed by atoms with van der Waals surface area (Å²) in [6, 6.07) is 1.69. The standard InChI is InChI=1S/C10H12F3N3OS/c11-10(12,13)8(17)16-4-1-3-9(14,6-16)7-2-5-18-15-7/h2,5H,1,3-4,6,14H2. The minimum Gasteiger partial charge on any atom is -0.333 e. The van der Waals surface area contributed by atoms with Crippen molar-refractivity contribution in [3.05, 3.63) is 17.1 Å². The number of nitrogens with two attached hydrogens (primary N) is 1. The molecule has 2 rings (SSSR count). The summed E-state index contributed by atoms with van der Waals surface area (Å²) in [5.74, 6) is -1.83.